The summed E-state index contributed by atoms with van der Waals surface area (Å²) in [6.07, 6.45) is 4.54. The van der Waals surface area contributed by atoms with E-state index in [0.29, 0.717) is 11.4 Å². The van der Waals surface area contributed by atoms with Gasteiger partial charge in [-0.15, -0.1) is 0 Å². The van der Waals surface area contributed by atoms with Gasteiger partial charge in [-0.1, -0.05) is 6.07 Å². The lowest BCUT2D eigenvalue weighted by Crippen LogP contribution is -2.21. The highest BCUT2D eigenvalue weighted by Gasteiger charge is 2.11. The molecule has 2 aromatic rings. The van der Waals surface area contributed by atoms with E-state index in [0.717, 1.165) is 5.56 Å². The molecule has 1 amide bonds. The predicted octanol–water partition coefficient (Wildman–Crippen LogP) is 1.58. The van der Waals surface area contributed by atoms with Gasteiger partial charge in [-0.3, -0.25) is 9.78 Å². The Morgan fingerprint density at radius 3 is 2.65 bits per heavy atom. The molecular formula is C14H13N3O3. The zero-order valence-corrected chi connectivity index (χ0v) is 10.9. The van der Waals surface area contributed by atoms with Crippen LogP contribution in [-0.2, 0) is 9.53 Å². The summed E-state index contributed by atoms with van der Waals surface area (Å²) in [6, 6.07) is 6.63. The van der Waals surface area contributed by atoms with Crippen molar-refractivity contribution in [2.24, 2.45) is 0 Å². The molecule has 0 saturated carbocycles. The smallest absolute Gasteiger partial charge is 0.338 e. The lowest BCUT2D eigenvalue weighted by atomic mass is 10.3. The van der Waals surface area contributed by atoms with Gasteiger partial charge in [-0.25, -0.2) is 9.78 Å². The van der Waals surface area contributed by atoms with Crippen molar-refractivity contribution in [1.82, 2.24) is 9.97 Å². The van der Waals surface area contributed by atoms with Crippen LogP contribution in [0.15, 0.2) is 42.9 Å². The van der Waals surface area contributed by atoms with E-state index in [1.54, 1.807) is 12.3 Å². The van der Waals surface area contributed by atoms with Crippen LogP contribution in [0.1, 0.15) is 15.9 Å². The van der Waals surface area contributed by atoms with E-state index in [-0.39, 0.29) is 6.61 Å². The van der Waals surface area contributed by atoms with Crippen LogP contribution in [0.25, 0.3) is 0 Å². The number of carbonyl (C=O) groups is 2. The summed E-state index contributed by atoms with van der Waals surface area (Å²) in [5.41, 5.74) is 1.18. The molecule has 0 spiro atoms. The number of ether oxygens (including phenoxy) is 1. The Kier molecular flexibility index (Phi) is 4.39. The normalized spacial score (nSPS) is 9.85. The first kappa shape index (κ1) is 13.7. The molecule has 2 aromatic heterocycles. The minimum atomic E-state index is -0.569. The maximum atomic E-state index is 11.7. The van der Waals surface area contributed by atoms with Crippen LogP contribution in [-0.4, -0.2) is 28.5 Å². The molecule has 6 nitrogen and oxygen atoms in total. The highest BCUT2D eigenvalue weighted by molar-refractivity contribution is 5.95. The van der Waals surface area contributed by atoms with Crippen LogP contribution in [0.5, 0.6) is 0 Å². The Morgan fingerprint density at radius 1 is 1.20 bits per heavy atom. The summed E-state index contributed by atoms with van der Waals surface area (Å²) in [5, 5.41) is 2.58. The number of rotatable bonds is 4. The third-order valence-electron chi connectivity index (χ3n) is 2.52. The zero-order chi connectivity index (χ0) is 14.4. The number of nitrogens with one attached hydrogen (secondary N) is 1. The number of amides is 1. The quantitative estimate of drug-likeness (QED) is 0.854. The molecule has 0 radical (unpaired) electrons. The molecule has 6 heteroatoms. The summed E-state index contributed by atoms with van der Waals surface area (Å²) < 4.78 is 4.90. The molecule has 0 fully saturated rings. The lowest BCUT2D eigenvalue weighted by molar-refractivity contribution is -0.119. The molecule has 0 aliphatic rings. The van der Waals surface area contributed by atoms with Crippen molar-refractivity contribution in [2.75, 3.05) is 11.9 Å². The molecule has 102 valence electrons. The second-order valence-corrected chi connectivity index (χ2v) is 4.03. The predicted molar refractivity (Wildman–Crippen MR) is 72.1 cm³/mol. The van der Waals surface area contributed by atoms with Gasteiger partial charge >= 0.3 is 5.97 Å². The highest BCUT2D eigenvalue weighted by Crippen LogP contribution is 2.08. The van der Waals surface area contributed by atoms with Gasteiger partial charge in [-0.05, 0) is 30.7 Å². The van der Waals surface area contributed by atoms with Crippen LogP contribution >= 0.6 is 0 Å². The first-order valence-electron chi connectivity index (χ1n) is 5.95. The maximum absolute atomic E-state index is 11.7. The summed E-state index contributed by atoms with van der Waals surface area (Å²) in [5.74, 6) is -0.549. The van der Waals surface area contributed by atoms with Gasteiger partial charge < -0.3 is 10.1 Å². The number of carbonyl (C=O) groups excluding carboxylic acids is 2. The van der Waals surface area contributed by atoms with E-state index < -0.39 is 11.9 Å². The molecule has 0 bridgehead atoms. The standard InChI is InChI=1S/C14H13N3O3/c1-10-3-2-6-16-13(10)17-12(18)9-20-14(19)11-4-7-15-8-5-11/h2-8H,9H2,1H3,(H,16,17,18). The van der Waals surface area contributed by atoms with Gasteiger partial charge in [0.15, 0.2) is 6.61 Å². The van der Waals surface area contributed by atoms with Crippen LogP contribution in [0.3, 0.4) is 0 Å². The lowest BCUT2D eigenvalue weighted by Gasteiger charge is -2.07. The Balaban J connectivity index is 1.87. The summed E-state index contributed by atoms with van der Waals surface area (Å²) >= 11 is 0. The molecule has 0 unspecified atom stereocenters. The van der Waals surface area contributed by atoms with Crippen molar-refractivity contribution in [1.29, 1.82) is 0 Å². The van der Waals surface area contributed by atoms with Crippen LogP contribution in [0.4, 0.5) is 5.82 Å². The van der Waals surface area contributed by atoms with Gasteiger partial charge in [0.25, 0.3) is 5.91 Å². The molecule has 0 aliphatic heterocycles. The van der Waals surface area contributed by atoms with Crippen molar-refractivity contribution in [2.45, 2.75) is 6.92 Å². The van der Waals surface area contributed by atoms with Crippen molar-refractivity contribution in [3.05, 3.63) is 54.0 Å². The molecule has 0 atom stereocenters. The molecular weight excluding hydrogens is 258 g/mol. The van der Waals surface area contributed by atoms with Gasteiger partial charge in [0, 0.05) is 18.6 Å². The average molecular weight is 271 g/mol. The van der Waals surface area contributed by atoms with Gasteiger partial charge in [0.05, 0.1) is 5.56 Å². The number of hydrogen-bond donors (Lipinski definition) is 1. The third kappa shape index (κ3) is 3.61. The van der Waals surface area contributed by atoms with Gasteiger partial charge in [-0.2, -0.15) is 0 Å². The summed E-state index contributed by atoms with van der Waals surface area (Å²) in [6.45, 7) is 1.46. The highest BCUT2D eigenvalue weighted by atomic mass is 16.5. The van der Waals surface area contributed by atoms with Crippen molar-refractivity contribution in [3.8, 4) is 0 Å². The van der Waals surface area contributed by atoms with E-state index in [2.05, 4.69) is 15.3 Å². The number of nitrogens with zero attached hydrogens (tertiary/aromatic N) is 2. The molecule has 20 heavy (non-hydrogen) atoms. The van der Waals surface area contributed by atoms with E-state index in [4.69, 9.17) is 4.74 Å². The van der Waals surface area contributed by atoms with Crippen LogP contribution < -0.4 is 5.32 Å². The van der Waals surface area contributed by atoms with E-state index in [9.17, 15) is 9.59 Å². The molecule has 2 heterocycles. The second kappa shape index (κ2) is 6.42. The Bertz CT molecular complexity index is 614. The van der Waals surface area contributed by atoms with E-state index in [1.807, 2.05) is 13.0 Å². The number of aryl methyl sites for hydroxylation is 1. The Hall–Kier alpha value is -2.76. The first-order valence-corrected chi connectivity index (χ1v) is 5.95. The topological polar surface area (TPSA) is 81.2 Å². The maximum Gasteiger partial charge on any atom is 0.338 e. The minimum Gasteiger partial charge on any atom is -0.452 e. The average Bonchev–Trinajstić information content (AvgIpc) is 2.48. The molecule has 0 saturated heterocycles. The first-order chi connectivity index (χ1) is 9.66. The Morgan fingerprint density at radius 2 is 1.95 bits per heavy atom. The fourth-order valence-corrected chi connectivity index (χ4v) is 1.49. The van der Waals surface area contributed by atoms with Crippen LogP contribution in [0.2, 0.25) is 0 Å². The zero-order valence-electron chi connectivity index (χ0n) is 10.9. The molecule has 2 rings (SSSR count). The van der Waals surface area contributed by atoms with Crippen molar-refractivity contribution in [3.63, 3.8) is 0 Å². The number of esters is 1. The SMILES string of the molecule is Cc1cccnc1NC(=O)COC(=O)c1ccncc1. The molecule has 1 N–H and O–H groups in total. The second-order valence-electron chi connectivity index (χ2n) is 4.03. The number of hydrogen-bond acceptors (Lipinski definition) is 5. The Labute approximate surface area is 115 Å². The van der Waals surface area contributed by atoms with E-state index >= 15 is 0 Å². The van der Waals surface area contributed by atoms with Crippen LogP contribution in [0, 0.1) is 6.92 Å². The monoisotopic (exact) mass is 271 g/mol. The summed E-state index contributed by atoms with van der Waals surface area (Å²) in [7, 11) is 0. The summed E-state index contributed by atoms with van der Waals surface area (Å²) in [4.78, 5) is 31.1. The fraction of sp³-hybridized carbons (Fsp3) is 0.143. The van der Waals surface area contributed by atoms with Crippen molar-refractivity contribution < 1.29 is 14.3 Å². The van der Waals surface area contributed by atoms with Gasteiger partial charge in [0.2, 0.25) is 0 Å². The third-order valence-corrected chi connectivity index (χ3v) is 2.52. The van der Waals surface area contributed by atoms with E-state index in [1.165, 1.54) is 24.5 Å². The molecule has 0 aromatic carbocycles. The number of aromatic nitrogens is 2. The fourth-order valence-electron chi connectivity index (χ4n) is 1.49. The number of anilines is 1. The minimum absolute atomic E-state index is 0.349. The number of pyridine rings is 2. The largest absolute Gasteiger partial charge is 0.452 e. The molecule has 0 aliphatic carbocycles. The van der Waals surface area contributed by atoms with Crippen molar-refractivity contribution >= 4 is 17.7 Å². The van der Waals surface area contributed by atoms with Gasteiger partial charge in [0.1, 0.15) is 5.82 Å².